The van der Waals surface area contributed by atoms with E-state index in [9.17, 15) is 13.2 Å². The van der Waals surface area contributed by atoms with Crippen molar-refractivity contribution in [1.82, 2.24) is 15.0 Å². The number of fused-ring (bicyclic) bond motifs is 1. The van der Waals surface area contributed by atoms with Crippen molar-refractivity contribution in [2.75, 3.05) is 41.8 Å². The molecule has 0 bridgehead atoms. The van der Waals surface area contributed by atoms with Gasteiger partial charge in [-0.15, -0.1) is 0 Å². The standard InChI is InChI=1S/C25H23F3N6O/c26-25(27,28)18-3-1-17(2-4-18)14-30-23-8-6-20(15-31-23)32-19-5-7-21-22(13-19)33-24(16-29-21)34-9-11-35-12-10-34/h1-8,13,15-16,32H,9-12,14H2,(H,30,31). The summed E-state index contributed by atoms with van der Waals surface area (Å²) < 4.78 is 43.5. The zero-order valence-electron chi connectivity index (χ0n) is 18.7. The summed E-state index contributed by atoms with van der Waals surface area (Å²) in [4.78, 5) is 15.8. The topological polar surface area (TPSA) is 75.2 Å². The van der Waals surface area contributed by atoms with Crippen molar-refractivity contribution in [2.45, 2.75) is 12.7 Å². The second-order valence-electron chi connectivity index (χ2n) is 8.14. The first-order chi connectivity index (χ1) is 16.9. The summed E-state index contributed by atoms with van der Waals surface area (Å²) in [5, 5.41) is 6.44. The Balaban J connectivity index is 1.22. The van der Waals surface area contributed by atoms with Crippen LogP contribution in [0.1, 0.15) is 11.1 Å². The first-order valence-corrected chi connectivity index (χ1v) is 11.2. The van der Waals surface area contributed by atoms with Crippen molar-refractivity contribution in [3.63, 3.8) is 0 Å². The Morgan fingerprint density at radius 1 is 0.857 bits per heavy atom. The summed E-state index contributed by atoms with van der Waals surface area (Å²) in [6.07, 6.45) is -0.852. The second kappa shape index (κ2) is 9.75. The number of rotatable bonds is 6. The van der Waals surface area contributed by atoms with Gasteiger partial charge in [-0.25, -0.2) is 9.97 Å². The Labute approximate surface area is 200 Å². The lowest BCUT2D eigenvalue weighted by atomic mass is 10.1. The van der Waals surface area contributed by atoms with Crippen LogP contribution in [0.5, 0.6) is 0 Å². The number of halogens is 3. The molecule has 3 heterocycles. The minimum absolute atomic E-state index is 0.368. The van der Waals surface area contributed by atoms with E-state index >= 15 is 0 Å². The van der Waals surface area contributed by atoms with Crippen LogP contribution in [0.4, 0.5) is 36.2 Å². The Morgan fingerprint density at radius 2 is 1.63 bits per heavy atom. The quantitative estimate of drug-likeness (QED) is 0.391. The van der Waals surface area contributed by atoms with Crippen molar-refractivity contribution in [3.8, 4) is 0 Å². The predicted octanol–water partition coefficient (Wildman–Crippen LogP) is 5.24. The molecule has 0 spiro atoms. The predicted molar refractivity (Wildman–Crippen MR) is 129 cm³/mol. The third kappa shape index (κ3) is 5.60. The molecule has 0 aliphatic carbocycles. The van der Waals surface area contributed by atoms with Crippen LogP contribution < -0.4 is 15.5 Å². The zero-order chi connectivity index (χ0) is 24.3. The number of aromatic nitrogens is 3. The van der Waals surface area contributed by atoms with E-state index in [2.05, 4.69) is 25.5 Å². The van der Waals surface area contributed by atoms with E-state index in [4.69, 9.17) is 9.72 Å². The largest absolute Gasteiger partial charge is 0.416 e. The molecule has 10 heteroatoms. The van der Waals surface area contributed by atoms with Crippen molar-refractivity contribution >= 4 is 34.0 Å². The molecule has 0 unspecified atom stereocenters. The molecule has 1 aliphatic heterocycles. The molecule has 4 aromatic rings. The van der Waals surface area contributed by atoms with Crippen LogP contribution in [-0.4, -0.2) is 41.3 Å². The van der Waals surface area contributed by atoms with Gasteiger partial charge in [0.2, 0.25) is 0 Å². The van der Waals surface area contributed by atoms with Crippen LogP contribution in [0, 0.1) is 0 Å². The molecule has 0 atom stereocenters. The molecule has 7 nitrogen and oxygen atoms in total. The van der Waals surface area contributed by atoms with Gasteiger partial charge in [0.05, 0.1) is 47.9 Å². The Bertz CT molecular complexity index is 1290. The van der Waals surface area contributed by atoms with Gasteiger partial charge in [-0.3, -0.25) is 4.98 Å². The molecule has 5 rings (SSSR count). The molecule has 35 heavy (non-hydrogen) atoms. The smallest absolute Gasteiger partial charge is 0.378 e. The van der Waals surface area contributed by atoms with Crippen LogP contribution in [-0.2, 0) is 17.5 Å². The van der Waals surface area contributed by atoms with Crippen LogP contribution >= 0.6 is 0 Å². The summed E-state index contributed by atoms with van der Waals surface area (Å²) in [6.45, 7) is 3.33. The molecule has 0 amide bonds. The van der Waals surface area contributed by atoms with E-state index < -0.39 is 11.7 Å². The van der Waals surface area contributed by atoms with Gasteiger partial charge < -0.3 is 20.3 Å². The number of ether oxygens (including phenoxy) is 1. The van der Waals surface area contributed by atoms with Crippen molar-refractivity contribution in [3.05, 3.63) is 78.1 Å². The molecule has 1 aliphatic rings. The number of nitrogens with one attached hydrogen (secondary N) is 2. The Morgan fingerprint density at radius 3 is 2.34 bits per heavy atom. The second-order valence-corrected chi connectivity index (χ2v) is 8.14. The van der Waals surface area contributed by atoms with Crippen LogP contribution in [0.2, 0.25) is 0 Å². The molecule has 0 radical (unpaired) electrons. The Kier molecular flexibility index (Phi) is 6.37. The van der Waals surface area contributed by atoms with Crippen molar-refractivity contribution in [1.29, 1.82) is 0 Å². The molecular formula is C25H23F3N6O. The highest BCUT2D eigenvalue weighted by molar-refractivity contribution is 5.81. The lowest BCUT2D eigenvalue weighted by Crippen LogP contribution is -2.36. The van der Waals surface area contributed by atoms with Crippen LogP contribution in [0.25, 0.3) is 11.0 Å². The number of pyridine rings is 1. The fourth-order valence-corrected chi connectivity index (χ4v) is 3.77. The highest BCUT2D eigenvalue weighted by Crippen LogP contribution is 2.29. The molecule has 2 aromatic heterocycles. The highest BCUT2D eigenvalue weighted by Gasteiger charge is 2.29. The lowest BCUT2D eigenvalue weighted by molar-refractivity contribution is -0.137. The summed E-state index contributed by atoms with van der Waals surface area (Å²) in [7, 11) is 0. The Hall–Kier alpha value is -3.92. The van der Waals surface area contributed by atoms with Gasteiger partial charge in [0.1, 0.15) is 11.6 Å². The zero-order valence-corrected chi connectivity index (χ0v) is 18.7. The van der Waals surface area contributed by atoms with Gasteiger partial charge in [-0.1, -0.05) is 12.1 Å². The number of hydrogen-bond donors (Lipinski definition) is 2. The molecule has 1 saturated heterocycles. The molecule has 2 N–H and O–H groups in total. The average Bonchev–Trinajstić information content (AvgIpc) is 2.88. The fourth-order valence-electron chi connectivity index (χ4n) is 3.77. The van der Waals surface area contributed by atoms with E-state index in [0.717, 1.165) is 59.0 Å². The number of alkyl halides is 3. The lowest BCUT2D eigenvalue weighted by Gasteiger charge is -2.27. The summed E-state index contributed by atoms with van der Waals surface area (Å²) in [5.74, 6) is 1.46. The SMILES string of the molecule is FC(F)(F)c1ccc(CNc2ccc(Nc3ccc4ncc(N5CCOCC5)nc4c3)cn2)cc1. The third-order valence-electron chi connectivity index (χ3n) is 5.67. The molecule has 1 fully saturated rings. The van der Waals surface area contributed by atoms with E-state index in [1.807, 2.05) is 30.3 Å². The van der Waals surface area contributed by atoms with Gasteiger partial charge in [0, 0.05) is 25.3 Å². The number of morpholine rings is 1. The van der Waals surface area contributed by atoms with Gasteiger partial charge in [-0.05, 0) is 48.0 Å². The molecular weight excluding hydrogens is 457 g/mol. The third-order valence-corrected chi connectivity index (χ3v) is 5.67. The average molecular weight is 480 g/mol. The number of benzene rings is 2. The summed E-state index contributed by atoms with van der Waals surface area (Å²) in [5.41, 5.74) is 3.33. The maximum absolute atomic E-state index is 12.7. The number of anilines is 4. The maximum atomic E-state index is 12.7. The first-order valence-electron chi connectivity index (χ1n) is 11.2. The minimum Gasteiger partial charge on any atom is -0.378 e. The van der Waals surface area contributed by atoms with E-state index in [1.54, 1.807) is 12.4 Å². The number of hydrogen-bond acceptors (Lipinski definition) is 7. The van der Waals surface area contributed by atoms with Gasteiger partial charge >= 0.3 is 6.18 Å². The fraction of sp³-hybridized carbons (Fsp3) is 0.240. The summed E-state index contributed by atoms with van der Waals surface area (Å²) >= 11 is 0. The molecule has 180 valence electrons. The van der Waals surface area contributed by atoms with Crippen LogP contribution in [0.3, 0.4) is 0 Å². The maximum Gasteiger partial charge on any atom is 0.416 e. The van der Waals surface area contributed by atoms with Gasteiger partial charge in [-0.2, -0.15) is 13.2 Å². The van der Waals surface area contributed by atoms with Gasteiger partial charge in [0.15, 0.2) is 0 Å². The van der Waals surface area contributed by atoms with Gasteiger partial charge in [0.25, 0.3) is 0 Å². The monoisotopic (exact) mass is 480 g/mol. The van der Waals surface area contributed by atoms with E-state index in [1.165, 1.54) is 12.1 Å². The number of nitrogens with zero attached hydrogens (tertiary/aromatic N) is 4. The van der Waals surface area contributed by atoms with E-state index in [-0.39, 0.29) is 0 Å². The van der Waals surface area contributed by atoms with Crippen LogP contribution in [0.15, 0.2) is 67.0 Å². The highest BCUT2D eigenvalue weighted by atomic mass is 19.4. The minimum atomic E-state index is -4.33. The van der Waals surface area contributed by atoms with Crippen molar-refractivity contribution < 1.29 is 17.9 Å². The first kappa shape index (κ1) is 22.9. The van der Waals surface area contributed by atoms with E-state index in [0.29, 0.717) is 25.6 Å². The molecule has 0 saturated carbocycles. The normalized spacial score (nSPS) is 14.2. The molecule has 2 aromatic carbocycles. The van der Waals surface area contributed by atoms with Crippen molar-refractivity contribution in [2.24, 2.45) is 0 Å². The summed E-state index contributed by atoms with van der Waals surface area (Å²) in [6, 6.07) is 14.6.